The number of ether oxygens (including phenoxy) is 2. The lowest BCUT2D eigenvalue weighted by Gasteiger charge is -2.10. The molecule has 4 N–H and O–H groups in total. The molecule has 1 aromatic carbocycles. The molecule has 2 unspecified atom stereocenters. The van der Waals surface area contributed by atoms with Crippen LogP contribution in [0.1, 0.15) is 18.5 Å². The summed E-state index contributed by atoms with van der Waals surface area (Å²) in [6.07, 6.45) is 1.71. The SMILES string of the molecule is COc1cc(OC)c2cc(CCCNC(=O)C3CC(O)CN3)[nH]c2c1.Cl. The number of aliphatic hydroxyl groups excluding tert-OH is 1. The fraction of sp³-hybridized carbons (Fsp3) is 0.500. The number of halogens is 1. The molecule has 1 aliphatic heterocycles. The summed E-state index contributed by atoms with van der Waals surface area (Å²) < 4.78 is 10.7. The maximum Gasteiger partial charge on any atom is 0.237 e. The number of hydrogen-bond acceptors (Lipinski definition) is 5. The fourth-order valence-corrected chi connectivity index (χ4v) is 3.19. The second-order valence-corrected chi connectivity index (χ2v) is 6.33. The Morgan fingerprint density at radius 2 is 2.12 bits per heavy atom. The number of benzene rings is 1. The van der Waals surface area contributed by atoms with Crippen molar-refractivity contribution in [2.24, 2.45) is 0 Å². The van der Waals surface area contributed by atoms with Gasteiger partial charge >= 0.3 is 0 Å². The van der Waals surface area contributed by atoms with Crippen LogP contribution in [0.4, 0.5) is 0 Å². The number of H-pyrrole nitrogens is 1. The zero-order chi connectivity index (χ0) is 17.8. The van der Waals surface area contributed by atoms with Crippen molar-refractivity contribution in [3.05, 3.63) is 23.9 Å². The van der Waals surface area contributed by atoms with Crippen molar-refractivity contribution in [3.63, 3.8) is 0 Å². The molecule has 0 aliphatic carbocycles. The van der Waals surface area contributed by atoms with E-state index in [2.05, 4.69) is 21.7 Å². The van der Waals surface area contributed by atoms with Gasteiger partial charge in [0.1, 0.15) is 11.5 Å². The molecular weight excluding hydrogens is 358 g/mol. The standard InChI is InChI=1S/C18H25N3O4.ClH/c1-24-13-8-15-14(17(9-13)25-2)6-11(21-15)4-3-5-19-18(23)16-7-12(22)10-20-16;/h6,8-9,12,16,20-22H,3-5,7,10H2,1-2H3,(H,19,23);1H. The number of aromatic nitrogens is 1. The molecule has 1 saturated heterocycles. The smallest absolute Gasteiger partial charge is 0.237 e. The predicted octanol–water partition coefficient (Wildman–Crippen LogP) is 1.38. The van der Waals surface area contributed by atoms with Gasteiger partial charge in [-0.15, -0.1) is 12.4 Å². The van der Waals surface area contributed by atoms with E-state index in [4.69, 9.17) is 9.47 Å². The average molecular weight is 384 g/mol. The number of aryl methyl sites for hydroxylation is 1. The summed E-state index contributed by atoms with van der Waals surface area (Å²) in [6.45, 7) is 1.08. The van der Waals surface area contributed by atoms with Crippen molar-refractivity contribution in [2.75, 3.05) is 27.3 Å². The van der Waals surface area contributed by atoms with Gasteiger partial charge in [0.15, 0.2) is 0 Å². The molecule has 1 fully saturated rings. The molecule has 2 aromatic rings. The summed E-state index contributed by atoms with van der Waals surface area (Å²) in [4.78, 5) is 15.4. The molecule has 26 heavy (non-hydrogen) atoms. The zero-order valence-corrected chi connectivity index (χ0v) is 15.8. The van der Waals surface area contributed by atoms with Crippen LogP contribution in [0.15, 0.2) is 18.2 Å². The molecule has 8 heteroatoms. The normalized spacial score (nSPS) is 19.2. The number of carbonyl (C=O) groups excluding carboxylic acids is 1. The summed E-state index contributed by atoms with van der Waals surface area (Å²) >= 11 is 0. The molecule has 2 heterocycles. The molecule has 3 rings (SSSR count). The quantitative estimate of drug-likeness (QED) is 0.542. The van der Waals surface area contributed by atoms with Crippen molar-refractivity contribution < 1.29 is 19.4 Å². The first-order chi connectivity index (χ1) is 12.1. The highest BCUT2D eigenvalue weighted by Gasteiger charge is 2.27. The van der Waals surface area contributed by atoms with Crippen LogP contribution >= 0.6 is 12.4 Å². The monoisotopic (exact) mass is 383 g/mol. The number of fused-ring (bicyclic) bond motifs is 1. The Kier molecular flexibility index (Phi) is 7.14. The zero-order valence-electron chi connectivity index (χ0n) is 15.0. The van der Waals surface area contributed by atoms with Gasteiger partial charge in [-0.2, -0.15) is 0 Å². The molecule has 2 atom stereocenters. The maximum absolute atomic E-state index is 12.0. The lowest BCUT2D eigenvalue weighted by atomic mass is 10.2. The van der Waals surface area contributed by atoms with Gasteiger partial charge in [0.2, 0.25) is 5.91 Å². The van der Waals surface area contributed by atoms with E-state index >= 15 is 0 Å². The van der Waals surface area contributed by atoms with Crippen LogP contribution in [0.25, 0.3) is 10.9 Å². The minimum atomic E-state index is -0.422. The first kappa shape index (κ1) is 20.4. The van der Waals surface area contributed by atoms with Crippen LogP contribution in [0.3, 0.4) is 0 Å². The third-order valence-corrected chi connectivity index (χ3v) is 4.53. The lowest BCUT2D eigenvalue weighted by Crippen LogP contribution is -2.40. The molecule has 7 nitrogen and oxygen atoms in total. The van der Waals surface area contributed by atoms with E-state index in [1.54, 1.807) is 14.2 Å². The van der Waals surface area contributed by atoms with Gasteiger partial charge in [-0.25, -0.2) is 0 Å². The largest absolute Gasteiger partial charge is 0.497 e. The highest BCUT2D eigenvalue weighted by atomic mass is 35.5. The van der Waals surface area contributed by atoms with E-state index in [0.717, 1.165) is 40.9 Å². The molecule has 1 aliphatic rings. The highest BCUT2D eigenvalue weighted by molar-refractivity contribution is 5.88. The molecule has 144 valence electrons. The van der Waals surface area contributed by atoms with Crippen molar-refractivity contribution in [1.29, 1.82) is 0 Å². The number of amides is 1. The Hall–Kier alpha value is -1.96. The van der Waals surface area contributed by atoms with E-state index in [1.807, 2.05) is 12.1 Å². The second kappa shape index (κ2) is 9.12. The fourth-order valence-electron chi connectivity index (χ4n) is 3.19. The van der Waals surface area contributed by atoms with Crippen molar-refractivity contribution in [1.82, 2.24) is 15.6 Å². The maximum atomic E-state index is 12.0. The number of nitrogens with one attached hydrogen (secondary N) is 3. The van der Waals surface area contributed by atoms with E-state index in [9.17, 15) is 9.90 Å². The third kappa shape index (κ3) is 4.60. The number of hydrogen-bond donors (Lipinski definition) is 4. The van der Waals surface area contributed by atoms with E-state index in [0.29, 0.717) is 19.5 Å². The molecule has 0 bridgehead atoms. The molecule has 0 spiro atoms. The Labute approximate surface area is 158 Å². The second-order valence-electron chi connectivity index (χ2n) is 6.33. The topological polar surface area (TPSA) is 95.6 Å². The Bertz CT molecular complexity index is 749. The van der Waals surface area contributed by atoms with Crippen molar-refractivity contribution >= 4 is 29.2 Å². The van der Waals surface area contributed by atoms with Gasteiger partial charge in [-0.3, -0.25) is 4.79 Å². The van der Waals surface area contributed by atoms with Crippen LogP contribution in [0.5, 0.6) is 11.5 Å². The summed E-state index contributed by atoms with van der Waals surface area (Å²) in [5, 5.41) is 16.4. The van der Waals surface area contributed by atoms with Crippen LogP contribution in [-0.2, 0) is 11.2 Å². The summed E-state index contributed by atoms with van der Waals surface area (Å²) in [7, 11) is 3.27. The van der Waals surface area contributed by atoms with Crippen LogP contribution in [0.2, 0.25) is 0 Å². The molecule has 1 amide bonds. The van der Waals surface area contributed by atoms with Gasteiger partial charge in [0, 0.05) is 36.3 Å². The molecule has 0 saturated carbocycles. The van der Waals surface area contributed by atoms with Crippen LogP contribution in [0, 0.1) is 0 Å². The van der Waals surface area contributed by atoms with Gasteiger partial charge in [0.25, 0.3) is 0 Å². The van der Waals surface area contributed by atoms with Crippen molar-refractivity contribution in [3.8, 4) is 11.5 Å². The van der Waals surface area contributed by atoms with Gasteiger partial charge in [-0.1, -0.05) is 0 Å². The first-order valence-corrected chi connectivity index (χ1v) is 8.53. The van der Waals surface area contributed by atoms with Crippen molar-refractivity contribution in [2.45, 2.75) is 31.4 Å². The Morgan fingerprint density at radius 1 is 1.31 bits per heavy atom. The molecule has 0 radical (unpaired) electrons. The lowest BCUT2D eigenvalue weighted by molar-refractivity contribution is -0.122. The van der Waals surface area contributed by atoms with Crippen LogP contribution < -0.4 is 20.1 Å². The third-order valence-electron chi connectivity index (χ3n) is 4.53. The van der Waals surface area contributed by atoms with Crippen LogP contribution in [-0.4, -0.2) is 55.5 Å². The number of aliphatic hydroxyl groups is 1. The van der Waals surface area contributed by atoms with Gasteiger partial charge in [0.05, 0.1) is 31.9 Å². The van der Waals surface area contributed by atoms with E-state index in [-0.39, 0.29) is 24.4 Å². The number of β-amino-alcohol motifs (C(OH)–C–C–N with tert-alkyl or cyclic N) is 1. The highest BCUT2D eigenvalue weighted by Crippen LogP contribution is 2.31. The summed E-state index contributed by atoms with van der Waals surface area (Å²) in [6, 6.07) is 5.60. The predicted molar refractivity (Wildman–Crippen MR) is 102 cm³/mol. The average Bonchev–Trinajstić information content (AvgIpc) is 3.23. The van der Waals surface area contributed by atoms with E-state index in [1.165, 1.54) is 0 Å². The molecule has 1 aromatic heterocycles. The van der Waals surface area contributed by atoms with Gasteiger partial charge < -0.3 is 30.2 Å². The first-order valence-electron chi connectivity index (χ1n) is 8.53. The number of methoxy groups -OCH3 is 2. The number of carbonyl (C=O) groups is 1. The minimum absolute atomic E-state index is 0. The Balaban J connectivity index is 0.00000243. The summed E-state index contributed by atoms with van der Waals surface area (Å²) in [5.74, 6) is 1.48. The number of aromatic amines is 1. The number of rotatable bonds is 7. The minimum Gasteiger partial charge on any atom is -0.497 e. The van der Waals surface area contributed by atoms with E-state index < -0.39 is 6.10 Å². The molecular formula is C18H26ClN3O4. The van der Waals surface area contributed by atoms with Gasteiger partial charge in [-0.05, 0) is 25.3 Å². The summed E-state index contributed by atoms with van der Waals surface area (Å²) in [5.41, 5.74) is 2.06. The Morgan fingerprint density at radius 3 is 2.77 bits per heavy atom.